The predicted octanol–water partition coefficient (Wildman–Crippen LogP) is 3.33. The predicted molar refractivity (Wildman–Crippen MR) is 68.0 cm³/mol. The average Bonchev–Trinajstić information content (AvgIpc) is 2.33. The van der Waals surface area contributed by atoms with Crippen LogP contribution in [0.3, 0.4) is 0 Å². The van der Waals surface area contributed by atoms with Gasteiger partial charge in [0.1, 0.15) is 17.9 Å². The highest BCUT2D eigenvalue weighted by Gasteiger charge is 2.08. The van der Waals surface area contributed by atoms with Gasteiger partial charge in [-0.3, -0.25) is 0 Å². The molecule has 18 heavy (non-hydrogen) atoms. The van der Waals surface area contributed by atoms with Gasteiger partial charge < -0.3 is 10.1 Å². The maximum absolute atomic E-state index is 13.0. The van der Waals surface area contributed by atoms with E-state index in [0.717, 1.165) is 11.9 Å². The molecule has 0 amide bonds. The van der Waals surface area contributed by atoms with Gasteiger partial charge in [-0.15, -0.1) is 0 Å². The van der Waals surface area contributed by atoms with Crippen molar-refractivity contribution >= 4 is 23.1 Å². The van der Waals surface area contributed by atoms with Crippen LogP contribution in [-0.2, 0) is 0 Å². The van der Waals surface area contributed by atoms with Crippen molar-refractivity contribution in [2.24, 2.45) is 0 Å². The molecule has 2 rings (SSSR count). The zero-order valence-corrected chi connectivity index (χ0v) is 10.6. The molecule has 1 aromatic carbocycles. The number of anilines is 2. The normalized spacial score (nSPS) is 10.2. The van der Waals surface area contributed by atoms with Crippen LogP contribution in [0.25, 0.3) is 0 Å². The van der Waals surface area contributed by atoms with E-state index < -0.39 is 5.95 Å². The fourth-order valence-electron chi connectivity index (χ4n) is 1.47. The van der Waals surface area contributed by atoms with Gasteiger partial charge in [0, 0.05) is 17.2 Å². The van der Waals surface area contributed by atoms with Gasteiger partial charge in [0.15, 0.2) is 0 Å². The van der Waals surface area contributed by atoms with E-state index in [4.69, 9.17) is 16.3 Å². The van der Waals surface area contributed by atoms with Crippen LogP contribution in [0.4, 0.5) is 15.9 Å². The molecule has 0 fully saturated rings. The Hall–Kier alpha value is -1.88. The number of halogens is 2. The second-order valence-corrected chi connectivity index (χ2v) is 4.06. The fraction of sp³-hybridized carbons (Fsp3) is 0.167. The van der Waals surface area contributed by atoms with E-state index in [1.54, 1.807) is 12.1 Å². The van der Waals surface area contributed by atoms with E-state index in [9.17, 15) is 4.39 Å². The van der Waals surface area contributed by atoms with Crippen LogP contribution < -0.4 is 10.1 Å². The number of nitrogens with one attached hydrogen (secondary N) is 1. The molecule has 4 nitrogen and oxygen atoms in total. The smallest absolute Gasteiger partial charge is 0.218 e. The summed E-state index contributed by atoms with van der Waals surface area (Å²) in [6.45, 7) is 1.87. The van der Waals surface area contributed by atoms with Crippen LogP contribution >= 0.6 is 11.6 Å². The minimum absolute atomic E-state index is 0.350. The standard InChI is InChI=1S/C12H11ClFN3O/c1-7-3-9(10(18-2)4-8(7)13)17-12-5-11(14)15-6-16-12/h3-6H,1-2H3,(H,15,16,17). The van der Waals surface area contributed by atoms with Gasteiger partial charge in [-0.1, -0.05) is 11.6 Å². The zero-order chi connectivity index (χ0) is 13.1. The number of hydrogen-bond acceptors (Lipinski definition) is 4. The first kappa shape index (κ1) is 12.6. The molecule has 0 aliphatic carbocycles. The Kier molecular flexibility index (Phi) is 3.62. The molecule has 2 aromatic rings. The van der Waals surface area contributed by atoms with Gasteiger partial charge in [0.05, 0.1) is 12.8 Å². The Bertz CT molecular complexity index is 577. The summed E-state index contributed by atoms with van der Waals surface area (Å²) >= 11 is 6.00. The van der Waals surface area contributed by atoms with E-state index in [1.165, 1.54) is 13.2 Å². The number of rotatable bonds is 3. The third-order valence-corrected chi connectivity index (χ3v) is 2.78. The van der Waals surface area contributed by atoms with Crippen molar-refractivity contribution in [1.82, 2.24) is 9.97 Å². The first-order chi connectivity index (χ1) is 8.60. The SMILES string of the molecule is COc1cc(Cl)c(C)cc1Nc1cc(F)ncn1. The summed E-state index contributed by atoms with van der Waals surface area (Å²) in [5.41, 5.74) is 1.55. The third-order valence-electron chi connectivity index (χ3n) is 2.38. The third kappa shape index (κ3) is 2.68. The molecule has 1 N–H and O–H groups in total. The second-order valence-electron chi connectivity index (χ2n) is 3.65. The van der Waals surface area contributed by atoms with Crippen molar-refractivity contribution in [2.75, 3.05) is 12.4 Å². The zero-order valence-electron chi connectivity index (χ0n) is 9.87. The van der Waals surface area contributed by atoms with Crippen LogP contribution in [0.5, 0.6) is 5.75 Å². The number of ether oxygens (including phenoxy) is 1. The molecular formula is C12H11ClFN3O. The van der Waals surface area contributed by atoms with Crippen molar-refractivity contribution in [3.63, 3.8) is 0 Å². The number of aryl methyl sites for hydroxylation is 1. The van der Waals surface area contributed by atoms with Crippen molar-refractivity contribution in [3.05, 3.63) is 41.1 Å². The molecule has 0 bridgehead atoms. The summed E-state index contributed by atoms with van der Waals surface area (Å²) in [6.07, 6.45) is 1.15. The van der Waals surface area contributed by atoms with E-state index in [2.05, 4.69) is 15.3 Å². The first-order valence-electron chi connectivity index (χ1n) is 5.19. The van der Waals surface area contributed by atoms with Crippen molar-refractivity contribution in [2.45, 2.75) is 6.92 Å². The minimum Gasteiger partial charge on any atom is -0.495 e. The highest BCUT2D eigenvalue weighted by atomic mass is 35.5. The number of benzene rings is 1. The lowest BCUT2D eigenvalue weighted by Crippen LogP contribution is -1.99. The van der Waals surface area contributed by atoms with Gasteiger partial charge >= 0.3 is 0 Å². The molecule has 0 spiro atoms. The monoisotopic (exact) mass is 267 g/mol. The van der Waals surface area contributed by atoms with E-state index in [0.29, 0.717) is 22.3 Å². The van der Waals surface area contributed by atoms with E-state index >= 15 is 0 Å². The van der Waals surface area contributed by atoms with Crippen molar-refractivity contribution in [3.8, 4) is 5.75 Å². The highest BCUT2D eigenvalue weighted by Crippen LogP contribution is 2.32. The van der Waals surface area contributed by atoms with Gasteiger partial charge in [0.25, 0.3) is 0 Å². The molecule has 1 aromatic heterocycles. The summed E-state index contributed by atoms with van der Waals surface area (Å²) in [5, 5.41) is 3.56. The molecule has 0 aliphatic rings. The lowest BCUT2D eigenvalue weighted by atomic mass is 10.2. The summed E-state index contributed by atoms with van der Waals surface area (Å²) in [7, 11) is 1.53. The lowest BCUT2D eigenvalue weighted by molar-refractivity contribution is 0.416. The van der Waals surface area contributed by atoms with Gasteiger partial charge in [-0.05, 0) is 18.6 Å². The quantitative estimate of drug-likeness (QED) is 0.867. The Labute approximate surface area is 109 Å². The van der Waals surface area contributed by atoms with E-state index in [-0.39, 0.29) is 0 Å². The first-order valence-corrected chi connectivity index (χ1v) is 5.56. The average molecular weight is 268 g/mol. The number of nitrogens with zero attached hydrogens (tertiary/aromatic N) is 2. The maximum Gasteiger partial charge on any atom is 0.218 e. The largest absolute Gasteiger partial charge is 0.495 e. The molecule has 0 aliphatic heterocycles. The molecule has 1 heterocycles. The minimum atomic E-state index is -0.600. The van der Waals surface area contributed by atoms with Crippen LogP contribution in [0, 0.1) is 12.9 Å². The summed E-state index contributed by atoms with van der Waals surface area (Å²) in [4.78, 5) is 7.30. The maximum atomic E-state index is 13.0. The molecule has 0 radical (unpaired) electrons. The van der Waals surface area contributed by atoms with Crippen LogP contribution in [0.15, 0.2) is 24.5 Å². The van der Waals surface area contributed by atoms with Crippen LogP contribution in [-0.4, -0.2) is 17.1 Å². The summed E-state index contributed by atoms with van der Waals surface area (Å²) in [6, 6.07) is 4.70. The lowest BCUT2D eigenvalue weighted by Gasteiger charge is -2.12. The van der Waals surface area contributed by atoms with Crippen molar-refractivity contribution < 1.29 is 9.13 Å². The molecule has 0 saturated heterocycles. The topological polar surface area (TPSA) is 47.0 Å². The molecular weight excluding hydrogens is 257 g/mol. The molecule has 6 heteroatoms. The molecule has 0 atom stereocenters. The van der Waals surface area contributed by atoms with Crippen molar-refractivity contribution in [1.29, 1.82) is 0 Å². The van der Waals surface area contributed by atoms with E-state index in [1.807, 2.05) is 6.92 Å². The van der Waals surface area contributed by atoms with Gasteiger partial charge in [-0.2, -0.15) is 4.39 Å². The highest BCUT2D eigenvalue weighted by molar-refractivity contribution is 6.31. The van der Waals surface area contributed by atoms with Crippen LogP contribution in [0.2, 0.25) is 5.02 Å². The Balaban J connectivity index is 2.36. The summed E-state index contributed by atoms with van der Waals surface area (Å²) < 4.78 is 18.2. The van der Waals surface area contributed by atoms with Crippen LogP contribution in [0.1, 0.15) is 5.56 Å². The fourth-order valence-corrected chi connectivity index (χ4v) is 1.62. The Morgan fingerprint density at radius 3 is 2.72 bits per heavy atom. The number of aromatic nitrogens is 2. The molecule has 0 saturated carbocycles. The van der Waals surface area contributed by atoms with Gasteiger partial charge in [-0.25, -0.2) is 9.97 Å². The Morgan fingerprint density at radius 2 is 2.06 bits per heavy atom. The summed E-state index contributed by atoms with van der Waals surface area (Å²) in [5.74, 6) is 0.310. The molecule has 0 unspecified atom stereocenters. The number of hydrogen-bond donors (Lipinski definition) is 1. The van der Waals surface area contributed by atoms with Gasteiger partial charge in [0.2, 0.25) is 5.95 Å². The Morgan fingerprint density at radius 1 is 1.28 bits per heavy atom. The second kappa shape index (κ2) is 5.18. The molecule has 94 valence electrons. The number of methoxy groups -OCH3 is 1.